The summed E-state index contributed by atoms with van der Waals surface area (Å²) >= 11 is 1.21. The van der Waals surface area contributed by atoms with Crippen molar-refractivity contribution < 1.29 is 28.5 Å². The molecule has 10 heteroatoms. The largest absolute Gasteiger partial charge is 0.493 e. The number of aromatic nitrogens is 1. The fourth-order valence-corrected chi connectivity index (χ4v) is 5.59. The van der Waals surface area contributed by atoms with Gasteiger partial charge in [0.1, 0.15) is 11.5 Å². The Hall–Kier alpha value is -4.96. The van der Waals surface area contributed by atoms with E-state index in [0.717, 1.165) is 5.56 Å². The zero-order chi connectivity index (χ0) is 29.1. The first-order chi connectivity index (χ1) is 19.8. The molecule has 4 aromatic rings. The molecule has 0 aliphatic carbocycles. The van der Waals surface area contributed by atoms with Gasteiger partial charge >= 0.3 is 11.9 Å². The number of methoxy groups -OCH3 is 2. The predicted molar refractivity (Wildman–Crippen MR) is 153 cm³/mol. The van der Waals surface area contributed by atoms with E-state index >= 15 is 0 Å². The van der Waals surface area contributed by atoms with Crippen LogP contribution in [0.1, 0.15) is 31.0 Å². The van der Waals surface area contributed by atoms with Crippen LogP contribution < -0.4 is 29.1 Å². The Morgan fingerprint density at radius 3 is 2.41 bits per heavy atom. The van der Waals surface area contributed by atoms with E-state index in [1.807, 2.05) is 54.6 Å². The first-order valence-corrected chi connectivity index (χ1v) is 13.4. The number of para-hydroxylation sites is 1. The molecule has 1 atom stereocenters. The highest BCUT2D eigenvalue weighted by molar-refractivity contribution is 7.07. The summed E-state index contributed by atoms with van der Waals surface area (Å²) in [6, 6.07) is 20.8. The van der Waals surface area contributed by atoms with Crippen LogP contribution >= 0.6 is 11.3 Å². The average molecular weight is 571 g/mol. The minimum absolute atomic E-state index is 0.215. The molecular weight excluding hydrogens is 544 g/mol. The molecule has 0 saturated carbocycles. The summed E-state index contributed by atoms with van der Waals surface area (Å²) in [5.74, 6) is 0.694. The first kappa shape index (κ1) is 27.6. The fraction of sp³-hybridized carbons (Fsp3) is 0.161. The molecule has 0 amide bonds. The molecule has 0 N–H and O–H groups in total. The van der Waals surface area contributed by atoms with Gasteiger partial charge in [-0.2, -0.15) is 0 Å². The number of allylic oxidation sites excluding steroid dienone is 1. The van der Waals surface area contributed by atoms with Crippen LogP contribution in [-0.2, 0) is 14.3 Å². The number of esters is 2. The van der Waals surface area contributed by atoms with Crippen LogP contribution in [-0.4, -0.2) is 30.7 Å². The van der Waals surface area contributed by atoms with E-state index in [9.17, 15) is 14.4 Å². The van der Waals surface area contributed by atoms with Gasteiger partial charge in [0, 0.05) is 6.92 Å². The summed E-state index contributed by atoms with van der Waals surface area (Å²) < 4.78 is 23.6. The third-order valence-electron chi connectivity index (χ3n) is 6.32. The van der Waals surface area contributed by atoms with Gasteiger partial charge in [-0.1, -0.05) is 47.7 Å². The number of ether oxygens (including phenoxy) is 4. The van der Waals surface area contributed by atoms with Gasteiger partial charge in [-0.25, -0.2) is 9.79 Å². The van der Waals surface area contributed by atoms with Crippen molar-refractivity contribution in [1.82, 2.24) is 4.57 Å². The van der Waals surface area contributed by atoms with Crippen molar-refractivity contribution >= 4 is 29.4 Å². The third kappa shape index (κ3) is 5.68. The van der Waals surface area contributed by atoms with Gasteiger partial charge in [-0.3, -0.25) is 14.2 Å². The van der Waals surface area contributed by atoms with Crippen LogP contribution in [0.3, 0.4) is 0 Å². The van der Waals surface area contributed by atoms with E-state index < -0.39 is 18.0 Å². The molecule has 0 radical (unpaired) electrons. The van der Waals surface area contributed by atoms with Crippen molar-refractivity contribution in [2.45, 2.75) is 19.9 Å². The van der Waals surface area contributed by atoms with Gasteiger partial charge < -0.3 is 18.9 Å². The van der Waals surface area contributed by atoms with Gasteiger partial charge in [0.05, 0.1) is 36.1 Å². The molecule has 9 nitrogen and oxygen atoms in total. The van der Waals surface area contributed by atoms with E-state index in [2.05, 4.69) is 4.99 Å². The van der Waals surface area contributed by atoms with Crippen molar-refractivity contribution in [2.75, 3.05) is 14.2 Å². The second-order valence-electron chi connectivity index (χ2n) is 9.06. The van der Waals surface area contributed by atoms with Crippen molar-refractivity contribution in [2.24, 2.45) is 4.99 Å². The number of fused-ring (bicyclic) bond motifs is 1. The Labute approximate surface area is 239 Å². The Kier molecular flexibility index (Phi) is 7.84. The minimum atomic E-state index is -0.853. The lowest BCUT2D eigenvalue weighted by Gasteiger charge is -2.25. The molecule has 0 bridgehead atoms. The van der Waals surface area contributed by atoms with Crippen LogP contribution in [0.15, 0.2) is 93.9 Å². The molecule has 41 heavy (non-hydrogen) atoms. The van der Waals surface area contributed by atoms with Gasteiger partial charge in [0.15, 0.2) is 16.3 Å². The highest BCUT2D eigenvalue weighted by Crippen LogP contribution is 2.36. The number of hydrogen-bond donors (Lipinski definition) is 0. The van der Waals surface area contributed by atoms with Gasteiger partial charge in [-0.15, -0.1) is 0 Å². The van der Waals surface area contributed by atoms with Crippen molar-refractivity contribution in [3.63, 3.8) is 0 Å². The molecule has 0 spiro atoms. The van der Waals surface area contributed by atoms with Crippen LogP contribution in [0.25, 0.3) is 6.08 Å². The lowest BCUT2D eigenvalue weighted by molar-refractivity contribution is -0.136. The average Bonchev–Trinajstić information content (AvgIpc) is 3.26. The number of thiazole rings is 1. The smallest absolute Gasteiger partial charge is 0.338 e. The summed E-state index contributed by atoms with van der Waals surface area (Å²) in [6.45, 7) is 2.99. The number of hydrogen-bond acceptors (Lipinski definition) is 9. The Morgan fingerprint density at radius 1 is 0.951 bits per heavy atom. The monoisotopic (exact) mass is 570 g/mol. The molecule has 0 fully saturated rings. The maximum atomic E-state index is 13.9. The quantitative estimate of drug-likeness (QED) is 0.243. The summed E-state index contributed by atoms with van der Waals surface area (Å²) in [5.41, 5.74) is 1.63. The zero-order valence-corrected chi connectivity index (χ0v) is 23.6. The van der Waals surface area contributed by atoms with E-state index in [1.165, 1.54) is 37.0 Å². The number of carbonyl (C=O) groups is 2. The molecule has 1 aliphatic heterocycles. The molecule has 5 rings (SSSR count). The zero-order valence-electron chi connectivity index (χ0n) is 22.7. The Bertz CT molecular complexity index is 1860. The lowest BCUT2D eigenvalue weighted by Crippen LogP contribution is -2.39. The minimum Gasteiger partial charge on any atom is -0.493 e. The van der Waals surface area contributed by atoms with E-state index in [0.29, 0.717) is 32.1 Å². The van der Waals surface area contributed by atoms with Gasteiger partial charge in [0.2, 0.25) is 0 Å². The number of rotatable bonds is 7. The van der Waals surface area contributed by atoms with E-state index in [4.69, 9.17) is 18.9 Å². The first-order valence-electron chi connectivity index (χ1n) is 12.6. The topological polar surface area (TPSA) is 105 Å². The summed E-state index contributed by atoms with van der Waals surface area (Å²) in [6.07, 6.45) is 1.76. The number of benzene rings is 3. The molecule has 2 heterocycles. The molecule has 1 aliphatic rings. The predicted octanol–water partition coefficient (Wildman–Crippen LogP) is 4.13. The number of carbonyl (C=O) groups excluding carboxylic acids is 2. The van der Waals surface area contributed by atoms with Crippen molar-refractivity contribution in [3.8, 4) is 23.0 Å². The molecule has 3 aromatic carbocycles. The van der Waals surface area contributed by atoms with E-state index in [-0.39, 0.29) is 22.6 Å². The van der Waals surface area contributed by atoms with Gasteiger partial charge in [-0.05, 0) is 60.5 Å². The SMILES string of the molecule is COC(=O)C1=C(C)N=c2s/c(=C/c3cccc(Oc4ccccc4)c3)c(=O)n2[C@@H]1c1ccc(OC(C)=O)c(OC)c1. The van der Waals surface area contributed by atoms with Gasteiger partial charge in [0.25, 0.3) is 5.56 Å². The van der Waals surface area contributed by atoms with Crippen LogP contribution in [0.5, 0.6) is 23.0 Å². The Morgan fingerprint density at radius 2 is 1.71 bits per heavy atom. The fourth-order valence-electron chi connectivity index (χ4n) is 4.55. The molecule has 0 saturated heterocycles. The van der Waals surface area contributed by atoms with E-state index in [1.54, 1.807) is 31.2 Å². The summed E-state index contributed by atoms with van der Waals surface area (Å²) in [4.78, 5) is 43.4. The normalized spacial score (nSPS) is 14.6. The molecular formula is C31H26N2O7S. The van der Waals surface area contributed by atoms with Crippen molar-refractivity contribution in [1.29, 1.82) is 0 Å². The van der Waals surface area contributed by atoms with Crippen LogP contribution in [0, 0.1) is 0 Å². The molecule has 208 valence electrons. The maximum Gasteiger partial charge on any atom is 0.338 e. The maximum absolute atomic E-state index is 13.9. The third-order valence-corrected chi connectivity index (χ3v) is 7.30. The molecule has 0 unspecified atom stereocenters. The highest BCUT2D eigenvalue weighted by atomic mass is 32.1. The Balaban J connectivity index is 1.63. The summed E-state index contributed by atoms with van der Waals surface area (Å²) in [5, 5.41) is 0. The summed E-state index contributed by atoms with van der Waals surface area (Å²) in [7, 11) is 2.72. The highest BCUT2D eigenvalue weighted by Gasteiger charge is 2.33. The van der Waals surface area contributed by atoms with Crippen LogP contribution in [0.2, 0.25) is 0 Å². The second kappa shape index (κ2) is 11.6. The standard InChI is InChI=1S/C31H26N2O7S/c1-18-27(30(36)38-4)28(21-13-14-24(39-19(2)34)25(17-21)37-3)33-29(35)26(41-31(33)32-18)16-20-9-8-12-23(15-20)40-22-10-6-5-7-11-22/h5-17,28H,1-4H3/b26-16+/t28-/m1/s1. The number of nitrogens with zero attached hydrogens (tertiary/aromatic N) is 2. The second-order valence-corrected chi connectivity index (χ2v) is 10.1. The van der Waals surface area contributed by atoms with Crippen LogP contribution in [0.4, 0.5) is 0 Å². The lowest BCUT2D eigenvalue weighted by atomic mass is 9.95. The van der Waals surface area contributed by atoms with Crippen molar-refractivity contribution in [3.05, 3.63) is 115 Å². The molecule has 1 aromatic heterocycles.